The van der Waals surface area contributed by atoms with Crippen molar-refractivity contribution in [1.82, 2.24) is 0 Å². The largest absolute Gasteiger partial charge is 0.366 e. The summed E-state index contributed by atoms with van der Waals surface area (Å²) in [6, 6.07) is 0. The van der Waals surface area contributed by atoms with Gasteiger partial charge in [-0.05, 0) is 81.1 Å². The van der Waals surface area contributed by atoms with Crippen LogP contribution in [0.2, 0.25) is 0 Å². The Morgan fingerprint density at radius 2 is 2.04 bits per heavy atom. The number of allylic oxidation sites excluding steroid dienone is 1. The molecule has 0 aromatic heterocycles. The Morgan fingerprint density at radius 1 is 1.12 bits per heavy atom. The normalized spacial score (nSPS) is 49.7. The minimum absolute atomic E-state index is 0.0516. The van der Waals surface area contributed by atoms with Gasteiger partial charge in [-0.2, -0.15) is 0 Å². The highest BCUT2D eigenvalue weighted by Gasteiger charge is 2.64. The molecule has 6 unspecified atom stereocenters. The maximum absolute atomic E-state index is 11.8. The van der Waals surface area contributed by atoms with E-state index in [4.69, 9.17) is 4.74 Å². The van der Waals surface area contributed by atoms with Crippen LogP contribution >= 0.6 is 0 Å². The third kappa shape index (κ3) is 1.84. The maximum Gasteiger partial charge on any atom is 0.155 e. The van der Waals surface area contributed by atoms with E-state index >= 15 is 0 Å². The van der Waals surface area contributed by atoms with E-state index in [9.17, 15) is 4.79 Å². The Morgan fingerprint density at radius 3 is 2.83 bits per heavy atom. The van der Waals surface area contributed by atoms with Crippen molar-refractivity contribution in [2.75, 3.05) is 6.61 Å². The summed E-state index contributed by atoms with van der Waals surface area (Å²) in [5.74, 6) is 3.63. The smallest absolute Gasteiger partial charge is 0.155 e. The molecular formula is C22H30O2. The Kier molecular flexibility index (Phi) is 3.40. The fourth-order valence-corrected chi connectivity index (χ4v) is 7.72. The lowest BCUT2D eigenvalue weighted by atomic mass is 9.49. The van der Waals surface area contributed by atoms with Crippen molar-refractivity contribution in [3.8, 4) is 0 Å². The molecule has 6 atom stereocenters. The number of ether oxygens (including phenoxy) is 1. The second-order valence-corrected chi connectivity index (χ2v) is 8.99. The van der Waals surface area contributed by atoms with Gasteiger partial charge in [0.1, 0.15) is 0 Å². The third-order valence-electron chi connectivity index (χ3n) is 8.63. The first-order valence-electron chi connectivity index (χ1n) is 10.2. The lowest BCUT2D eigenvalue weighted by Gasteiger charge is -2.56. The van der Waals surface area contributed by atoms with E-state index in [0.29, 0.717) is 17.1 Å². The predicted molar refractivity (Wildman–Crippen MR) is 94.5 cm³/mol. The molecule has 1 spiro atoms. The summed E-state index contributed by atoms with van der Waals surface area (Å²) in [7, 11) is 0. The fraction of sp³-hybridized carbons (Fsp3) is 0.773. The molecule has 0 aromatic carbocycles. The van der Waals surface area contributed by atoms with Crippen LogP contribution in [0, 0.1) is 29.1 Å². The predicted octanol–water partition coefficient (Wildman–Crippen LogP) is 4.84. The highest BCUT2D eigenvalue weighted by molar-refractivity contribution is 5.91. The van der Waals surface area contributed by atoms with Gasteiger partial charge in [0, 0.05) is 11.8 Å². The van der Waals surface area contributed by atoms with Gasteiger partial charge in [0.2, 0.25) is 0 Å². The number of rotatable bonds is 1. The molecule has 0 N–H and O–H groups in total. The first kappa shape index (κ1) is 15.4. The molecule has 0 radical (unpaired) electrons. The molecule has 0 bridgehead atoms. The van der Waals surface area contributed by atoms with Crippen molar-refractivity contribution >= 4 is 5.78 Å². The molecule has 0 saturated heterocycles. The molecule has 1 heterocycles. The Labute approximate surface area is 145 Å². The SMILES string of the molecule is CCC12CCC3C4CCC(=O)C=C4CCC3C1CCC21C=CCO1. The van der Waals surface area contributed by atoms with Gasteiger partial charge in [-0.1, -0.05) is 24.6 Å². The molecule has 1 aliphatic heterocycles. The first-order chi connectivity index (χ1) is 11.7. The van der Waals surface area contributed by atoms with Crippen LogP contribution in [-0.4, -0.2) is 18.0 Å². The average Bonchev–Trinajstić information content (AvgIpc) is 3.21. The van der Waals surface area contributed by atoms with E-state index in [1.54, 1.807) is 0 Å². The van der Waals surface area contributed by atoms with Gasteiger partial charge in [0.15, 0.2) is 5.78 Å². The van der Waals surface area contributed by atoms with Crippen LogP contribution in [0.3, 0.4) is 0 Å². The second-order valence-electron chi connectivity index (χ2n) is 8.99. The Balaban J connectivity index is 1.49. The molecular weight excluding hydrogens is 296 g/mol. The summed E-state index contributed by atoms with van der Waals surface area (Å²) >= 11 is 0. The molecule has 130 valence electrons. The number of ketones is 1. The van der Waals surface area contributed by atoms with Gasteiger partial charge in [0.05, 0.1) is 12.2 Å². The topological polar surface area (TPSA) is 26.3 Å². The fourth-order valence-electron chi connectivity index (χ4n) is 7.72. The van der Waals surface area contributed by atoms with Gasteiger partial charge >= 0.3 is 0 Å². The first-order valence-corrected chi connectivity index (χ1v) is 10.2. The molecule has 0 amide bonds. The average molecular weight is 326 g/mol. The molecule has 2 heteroatoms. The van der Waals surface area contributed by atoms with Crippen LogP contribution in [0.25, 0.3) is 0 Å². The van der Waals surface area contributed by atoms with Gasteiger partial charge < -0.3 is 4.74 Å². The summed E-state index contributed by atoms with van der Waals surface area (Å²) in [5, 5.41) is 0. The summed E-state index contributed by atoms with van der Waals surface area (Å²) in [6.07, 6.45) is 17.6. The van der Waals surface area contributed by atoms with E-state index in [1.165, 1.54) is 50.5 Å². The quantitative estimate of drug-likeness (QED) is 0.644. The molecule has 24 heavy (non-hydrogen) atoms. The number of fused-ring (bicyclic) bond motifs is 6. The van der Waals surface area contributed by atoms with Crippen LogP contribution in [0.15, 0.2) is 23.8 Å². The van der Waals surface area contributed by atoms with Gasteiger partial charge in [-0.25, -0.2) is 0 Å². The molecule has 5 aliphatic rings. The zero-order valence-corrected chi connectivity index (χ0v) is 14.9. The lowest BCUT2D eigenvalue weighted by molar-refractivity contribution is -0.124. The number of carbonyl (C=O) groups excluding carboxylic acids is 1. The van der Waals surface area contributed by atoms with E-state index in [0.717, 1.165) is 37.2 Å². The van der Waals surface area contributed by atoms with E-state index in [1.807, 2.05) is 6.08 Å². The van der Waals surface area contributed by atoms with Crippen molar-refractivity contribution in [3.63, 3.8) is 0 Å². The Bertz CT molecular complexity index is 617. The Hall–Kier alpha value is -0.890. The standard InChI is InChI=1S/C22H30O2/c1-2-21-11-8-18-17-7-5-16(23)14-15(17)4-6-19(18)20(21)9-12-22(21)10-3-13-24-22/h3,10,14,17-20H,2,4-9,11-13H2,1H3. The minimum atomic E-state index is 0.0516. The minimum Gasteiger partial charge on any atom is -0.366 e. The van der Waals surface area contributed by atoms with Crippen LogP contribution in [0.4, 0.5) is 0 Å². The van der Waals surface area contributed by atoms with Gasteiger partial charge in [-0.3, -0.25) is 4.79 Å². The van der Waals surface area contributed by atoms with Crippen LogP contribution in [0.5, 0.6) is 0 Å². The number of hydrogen-bond acceptors (Lipinski definition) is 2. The number of carbonyl (C=O) groups is 1. The second kappa shape index (κ2) is 5.30. The van der Waals surface area contributed by atoms with Crippen molar-refractivity contribution in [1.29, 1.82) is 0 Å². The molecule has 5 rings (SSSR count). The molecule has 4 aliphatic carbocycles. The number of hydrogen-bond donors (Lipinski definition) is 0. The van der Waals surface area contributed by atoms with Crippen molar-refractivity contribution in [3.05, 3.63) is 23.8 Å². The van der Waals surface area contributed by atoms with Gasteiger partial charge in [0.25, 0.3) is 0 Å². The van der Waals surface area contributed by atoms with Crippen LogP contribution in [-0.2, 0) is 9.53 Å². The monoisotopic (exact) mass is 326 g/mol. The van der Waals surface area contributed by atoms with Crippen LogP contribution in [0.1, 0.15) is 64.7 Å². The zero-order chi connectivity index (χ0) is 16.4. The highest BCUT2D eigenvalue weighted by atomic mass is 16.5. The van der Waals surface area contributed by atoms with Crippen molar-refractivity contribution < 1.29 is 9.53 Å². The lowest BCUT2D eigenvalue weighted by Crippen LogP contribution is -2.53. The summed E-state index contributed by atoms with van der Waals surface area (Å²) in [4.78, 5) is 11.8. The van der Waals surface area contributed by atoms with E-state index < -0.39 is 0 Å². The third-order valence-corrected chi connectivity index (χ3v) is 8.63. The molecule has 3 saturated carbocycles. The van der Waals surface area contributed by atoms with Crippen molar-refractivity contribution in [2.24, 2.45) is 29.1 Å². The summed E-state index contributed by atoms with van der Waals surface area (Å²) in [5.41, 5.74) is 1.93. The highest BCUT2D eigenvalue weighted by Crippen LogP contribution is 2.68. The van der Waals surface area contributed by atoms with Gasteiger partial charge in [-0.15, -0.1) is 0 Å². The maximum atomic E-state index is 11.8. The van der Waals surface area contributed by atoms with E-state index in [2.05, 4.69) is 19.1 Å². The summed E-state index contributed by atoms with van der Waals surface area (Å²) < 4.78 is 6.40. The van der Waals surface area contributed by atoms with Crippen LogP contribution < -0.4 is 0 Å². The summed E-state index contributed by atoms with van der Waals surface area (Å²) in [6.45, 7) is 3.23. The zero-order valence-electron chi connectivity index (χ0n) is 14.9. The molecule has 2 nitrogen and oxygen atoms in total. The van der Waals surface area contributed by atoms with E-state index in [-0.39, 0.29) is 5.60 Å². The van der Waals surface area contributed by atoms with Crippen molar-refractivity contribution in [2.45, 2.75) is 70.3 Å². The molecule has 0 aromatic rings. The molecule has 3 fully saturated rings.